The van der Waals surface area contributed by atoms with Crippen molar-refractivity contribution in [2.24, 2.45) is 0 Å². The molecule has 26 heavy (non-hydrogen) atoms. The summed E-state index contributed by atoms with van der Waals surface area (Å²) >= 11 is 0. The predicted octanol–water partition coefficient (Wildman–Crippen LogP) is 2.31. The van der Waals surface area contributed by atoms with Crippen LogP contribution in [0, 0.1) is 11.3 Å². The molecule has 0 atom stereocenters. The van der Waals surface area contributed by atoms with E-state index in [0.717, 1.165) is 19.3 Å². The van der Waals surface area contributed by atoms with E-state index in [2.05, 4.69) is 10.8 Å². The Morgan fingerprint density at radius 3 is 2.23 bits per heavy atom. The Hall–Kier alpha value is -2.88. The van der Waals surface area contributed by atoms with Crippen LogP contribution in [0.15, 0.2) is 24.3 Å². The average molecular weight is 358 g/mol. The molecule has 2 rings (SSSR count). The first-order chi connectivity index (χ1) is 12.4. The molecule has 1 aliphatic rings. The van der Waals surface area contributed by atoms with Gasteiger partial charge >= 0.3 is 11.9 Å². The van der Waals surface area contributed by atoms with Gasteiger partial charge in [-0.15, -0.1) is 0 Å². The highest BCUT2D eigenvalue weighted by Gasteiger charge is 2.39. The van der Waals surface area contributed by atoms with Gasteiger partial charge in [0.1, 0.15) is 5.54 Å². The molecule has 1 aromatic rings. The van der Waals surface area contributed by atoms with Gasteiger partial charge in [0, 0.05) is 7.05 Å². The number of likely N-dealkylation sites (N-methyl/N-ethyl adjacent to an activating group) is 1. The van der Waals surface area contributed by atoms with Crippen LogP contribution < -0.4 is 0 Å². The van der Waals surface area contributed by atoms with E-state index in [9.17, 15) is 19.6 Å². The van der Waals surface area contributed by atoms with Crippen molar-refractivity contribution >= 4 is 17.8 Å². The first kappa shape index (κ1) is 19.4. The van der Waals surface area contributed by atoms with Crippen LogP contribution in [0.1, 0.15) is 52.8 Å². The second kappa shape index (κ2) is 8.48. The number of hydrogen-bond donors (Lipinski definition) is 0. The summed E-state index contributed by atoms with van der Waals surface area (Å²) < 4.78 is 9.72. The maximum atomic E-state index is 12.4. The number of benzene rings is 1. The van der Waals surface area contributed by atoms with Crippen molar-refractivity contribution in [2.75, 3.05) is 20.8 Å². The Bertz CT molecular complexity index is 732. The van der Waals surface area contributed by atoms with Gasteiger partial charge in [0.15, 0.2) is 6.61 Å². The summed E-state index contributed by atoms with van der Waals surface area (Å²) in [5, 5.41) is 9.54. The first-order valence-corrected chi connectivity index (χ1v) is 8.47. The summed E-state index contributed by atoms with van der Waals surface area (Å²) in [7, 11) is 2.78. The fourth-order valence-corrected chi connectivity index (χ4v) is 3.15. The molecule has 0 unspecified atom stereocenters. The highest BCUT2D eigenvalue weighted by Crippen LogP contribution is 2.32. The fourth-order valence-electron chi connectivity index (χ4n) is 3.15. The lowest BCUT2D eigenvalue weighted by molar-refractivity contribution is -0.138. The standard InChI is InChI=1S/C19H22N2O5/c1-21(19(13-20)10-6-3-7-11-19)16(22)12-26-18(24)15-9-5-4-8-14(15)17(23)25-2/h4-5,8-9H,3,6-7,10-12H2,1-2H3. The molecular weight excluding hydrogens is 336 g/mol. The largest absolute Gasteiger partial charge is 0.465 e. The molecule has 0 spiro atoms. The van der Waals surface area contributed by atoms with E-state index in [4.69, 9.17) is 4.74 Å². The second-order valence-corrected chi connectivity index (χ2v) is 6.27. The molecule has 1 fully saturated rings. The fraction of sp³-hybridized carbons (Fsp3) is 0.474. The molecule has 0 saturated heterocycles. The van der Waals surface area contributed by atoms with Crippen LogP contribution in [0.5, 0.6) is 0 Å². The summed E-state index contributed by atoms with van der Waals surface area (Å²) in [6.07, 6.45) is 4.05. The van der Waals surface area contributed by atoms with Crippen molar-refractivity contribution in [1.29, 1.82) is 5.26 Å². The van der Waals surface area contributed by atoms with Gasteiger partial charge in [-0.3, -0.25) is 4.79 Å². The number of methoxy groups -OCH3 is 1. The third kappa shape index (κ3) is 4.02. The monoisotopic (exact) mass is 358 g/mol. The lowest BCUT2D eigenvalue weighted by atomic mass is 9.81. The van der Waals surface area contributed by atoms with E-state index < -0.39 is 30.0 Å². The average Bonchev–Trinajstić information content (AvgIpc) is 2.70. The highest BCUT2D eigenvalue weighted by molar-refractivity contribution is 6.03. The lowest BCUT2D eigenvalue weighted by Crippen LogP contribution is -2.51. The van der Waals surface area contributed by atoms with Crippen LogP contribution in [-0.4, -0.2) is 49.0 Å². The number of ether oxygens (including phenoxy) is 2. The number of esters is 2. The number of amides is 1. The van der Waals surface area contributed by atoms with E-state index in [0.29, 0.717) is 12.8 Å². The topological polar surface area (TPSA) is 96.7 Å². The summed E-state index contributed by atoms with van der Waals surface area (Å²) in [6, 6.07) is 8.32. The molecule has 1 aliphatic carbocycles. The Balaban J connectivity index is 2.04. The molecule has 0 heterocycles. The quantitative estimate of drug-likeness (QED) is 0.749. The van der Waals surface area contributed by atoms with Gasteiger partial charge in [-0.2, -0.15) is 5.26 Å². The zero-order valence-electron chi connectivity index (χ0n) is 15.0. The van der Waals surface area contributed by atoms with E-state index in [-0.39, 0.29) is 11.1 Å². The number of hydrogen-bond acceptors (Lipinski definition) is 6. The molecule has 1 amide bonds. The molecule has 1 aromatic carbocycles. The SMILES string of the molecule is COC(=O)c1ccccc1C(=O)OCC(=O)N(C)C1(C#N)CCCCC1. The number of carbonyl (C=O) groups excluding carboxylic acids is 3. The summed E-state index contributed by atoms with van der Waals surface area (Å²) in [4.78, 5) is 37.8. The zero-order chi connectivity index (χ0) is 19.2. The number of nitriles is 1. The third-order valence-electron chi connectivity index (χ3n) is 4.78. The molecule has 138 valence electrons. The van der Waals surface area contributed by atoms with E-state index in [1.165, 1.54) is 24.1 Å². The van der Waals surface area contributed by atoms with Crippen molar-refractivity contribution in [2.45, 2.75) is 37.6 Å². The molecule has 0 N–H and O–H groups in total. The molecule has 0 aromatic heterocycles. The maximum Gasteiger partial charge on any atom is 0.339 e. The van der Waals surface area contributed by atoms with Crippen molar-refractivity contribution in [3.63, 3.8) is 0 Å². The van der Waals surface area contributed by atoms with E-state index >= 15 is 0 Å². The summed E-state index contributed by atoms with van der Waals surface area (Å²) in [6.45, 7) is -0.492. The van der Waals surface area contributed by atoms with Gasteiger partial charge < -0.3 is 14.4 Å². The Morgan fingerprint density at radius 1 is 1.12 bits per heavy atom. The number of carbonyl (C=O) groups is 3. The second-order valence-electron chi connectivity index (χ2n) is 6.27. The Morgan fingerprint density at radius 2 is 1.69 bits per heavy atom. The smallest absolute Gasteiger partial charge is 0.339 e. The summed E-state index contributed by atoms with van der Waals surface area (Å²) in [5.74, 6) is -1.90. The van der Waals surface area contributed by atoms with Crippen LogP contribution in [0.2, 0.25) is 0 Å². The van der Waals surface area contributed by atoms with Gasteiger partial charge in [0.25, 0.3) is 5.91 Å². The van der Waals surface area contributed by atoms with Gasteiger partial charge in [0.2, 0.25) is 0 Å². The normalized spacial score (nSPS) is 15.4. The van der Waals surface area contributed by atoms with Crippen LogP contribution in [0.4, 0.5) is 0 Å². The molecule has 0 radical (unpaired) electrons. The van der Waals surface area contributed by atoms with Gasteiger partial charge in [-0.25, -0.2) is 9.59 Å². The van der Waals surface area contributed by atoms with Crippen molar-refractivity contribution in [3.8, 4) is 6.07 Å². The van der Waals surface area contributed by atoms with Crippen molar-refractivity contribution in [1.82, 2.24) is 4.90 Å². The number of rotatable bonds is 5. The van der Waals surface area contributed by atoms with Gasteiger partial charge in [-0.1, -0.05) is 31.4 Å². The van der Waals surface area contributed by atoms with Crippen LogP contribution in [0.25, 0.3) is 0 Å². The van der Waals surface area contributed by atoms with Crippen LogP contribution >= 0.6 is 0 Å². The van der Waals surface area contributed by atoms with Crippen LogP contribution in [0.3, 0.4) is 0 Å². The van der Waals surface area contributed by atoms with Crippen molar-refractivity contribution in [3.05, 3.63) is 35.4 Å². The predicted molar refractivity (Wildman–Crippen MR) is 92.3 cm³/mol. The molecule has 7 nitrogen and oxygen atoms in total. The van der Waals surface area contributed by atoms with E-state index in [1.54, 1.807) is 19.2 Å². The zero-order valence-corrected chi connectivity index (χ0v) is 15.0. The Kier molecular flexibility index (Phi) is 6.34. The Labute approximate surface area is 152 Å². The highest BCUT2D eigenvalue weighted by atomic mass is 16.5. The minimum Gasteiger partial charge on any atom is -0.465 e. The molecular formula is C19H22N2O5. The van der Waals surface area contributed by atoms with Gasteiger partial charge in [-0.05, 0) is 25.0 Å². The van der Waals surface area contributed by atoms with Crippen LogP contribution in [-0.2, 0) is 14.3 Å². The van der Waals surface area contributed by atoms with Gasteiger partial charge in [0.05, 0.1) is 24.3 Å². The summed E-state index contributed by atoms with van der Waals surface area (Å²) in [5.41, 5.74) is -0.741. The molecule has 0 bridgehead atoms. The van der Waals surface area contributed by atoms with E-state index in [1.807, 2.05) is 0 Å². The molecule has 0 aliphatic heterocycles. The third-order valence-corrected chi connectivity index (χ3v) is 4.78. The first-order valence-electron chi connectivity index (χ1n) is 8.47. The number of nitrogens with zero attached hydrogens (tertiary/aromatic N) is 2. The maximum absolute atomic E-state index is 12.4. The lowest BCUT2D eigenvalue weighted by Gasteiger charge is -2.38. The minimum atomic E-state index is -0.842. The minimum absolute atomic E-state index is 0.0301. The van der Waals surface area contributed by atoms with Crippen molar-refractivity contribution < 1.29 is 23.9 Å². The molecule has 7 heteroatoms. The molecule has 1 saturated carbocycles.